The lowest BCUT2D eigenvalue weighted by Crippen LogP contribution is -2.08. The van der Waals surface area contributed by atoms with Gasteiger partial charge in [-0.2, -0.15) is 0 Å². The molecule has 0 saturated heterocycles. The summed E-state index contributed by atoms with van der Waals surface area (Å²) in [6.45, 7) is 0.430. The van der Waals surface area contributed by atoms with Crippen LogP contribution in [0.4, 0.5) is 8.78 Å². The SMILES string of the molecule is COCCCc1nc(C(F)F)ccc1C(=O)O. The molecule has 0 amide bonds. The van der Waals surface area contributed by atoms with Crippen molar-refractivity contribution in [2.75, 3.05) is 13.7 Å². The molecule has 0 unspecified atom stereocenters. The third kappa shape index (κ3) is 3.74. The van der Waals surface area contributed by atoms with E-state index in [1.165, 1.54) is 13.2 Å². The van der Waals surface area contributed by atoms with E-state index in [0.717, 1.165) is 6.07 Å². The van der Waals surface area contributed by atoms with Crippen molar-refractivity contribution in [3.63, 3.8) is 0 Å². The van der Waals surface area contributed by atoms with E-state index in [1.807, 2.05) is 0 Å². The smallest absolute Gasteiger partial charge is 0.337 e. The minimum atomic E-state index is -2.70. The highest BCUT2D eigenvalue weighted by atomic mass is 19.3. The molecule has 94 valence electrons. The summed E-state index contributed by atoms with van der Waals surface area (Å²) < 4.78 is 29.7. The summed E-state index contributed by atoms with van der Waals surface area (Å²) in [4.78, 5) is 14.6. The van der Waals surface area contributed by atoms with Crippen LogP contribution in [0.15, 0.2) is 12.1 Å². The summed E-state index contributed by atoms with van der Waals surface area (Å²) in [6, 6.07) is 2.20. The molecule has 1 rings (SSSR count). The Balaban J connectivity index is 2.94. The number of carboxylic acids is 1. The summed E-state index contributed by atoms with van der Waals surface area (Å²) in [5.74, 6) is -1.16. The van der Waals surface area contributed by atoms with Crippen LogP contribution in [-0.2, 0) is 11.2 Å². The van der Waals surface area contributed by atoms with Gasteiger partial charge in [0.1, 0.15) is 5.69 Å². The lowest BCUT2D eigenvalue weighted by atomic mass is 10.1. The zero-order valence-corrected chi connectivity index (χ0v) is 9.32. The van der Waals surface area contributed by atoms with Gasteiger partial charge in [-0.1, -0.05) is 0 Å². The summed E-state index contributed by atoms with van der Waals surface area (Å²) in [6.07, 6.45) is -1.86. The molecule has 0 saturated carbocycles. The van der Waals surface area contributed by atoms with Crippen LogP contribution in [0.5, 0.6) is 0 Å². The first-order valence-electron chi connectivity index (χ1n) is 5.06. The number of nitrogens with zero attached hydrogens (tertiary/aromatic N) is 1. The number of alkyl halides is 2. The molecule has 0 bridgehead atoms. The average molecular weight is 245 g/mol. The van der Waals surface area contributed by atoms with Crippen molar-refractivity contribution in [3.8, 4) is 0 Å². The summed E-state index contributed by atoms with van der Waals surface area (Å²) in [5, 5.41) is 8.89. The van der Waals surface area contributed by atoms with Gasteiger partial charge in [-0.3, -0.25) is 4.98 Å². The molecule has 0 spiro atoms. The lowest BCUT2D eigenvalue weighted by Gasteiger charge is -2.07. The second kappa shape index (κ2) is 6.24. The number of methoxy groups -OCH3 is 1. The van der Waals surface area contributed by atoms with Gasteiger partial charge in [-0.25, -0.2) is 13.6 Å². The number of hydrogen-bond donors (Lipinski definition) is 1. The molecule has 0 aliphatic carbocycles. The fourth-order valence-corrected chi connectivity index (χ4v) is 1.41. The van der Waals surface area contributed by atoms with Gasteiger partial charge in [-0.05, 0) is 25.0 Å². The van der Waals surface area contributed by atoms with Crippen molar-refractivity contribution in [1.82, 2.24) is 4.98 Å². The van der Waals surface area contributed by atoms with E-state index >= 15 is 0 Å². The maximum Gasteiger partial charge on any atom is 0.337 e. The zero-order valence-electron chi connectivity index (χ0n) is 9.32. The molecular weight excluding hydrogens is 232 g/mol. The normalized spacial score (nSPS) is 10.8. The second-order valence-corrected chi connectivity index (χ2v) is 3.43. The maximum atomic E-state index is 12.4. The van der Waals surface area contributed by atoms with Crippen LogP contribution in [0.25, 0.3) is 0 Å². The molecule has 0 aliphatic heterocycles. The van der Waals surface area contributed by atoms with E-state index in [-0.39, 0.29) is 11.3 Å². The third-order valence-electron chi connectivity index (χ3n) is 2.21. The lowest BCUT2D eigenvalue weighted by molar-refractivity contribution is 0.0694. The second-order valence-electron chi connectivity index (χ2n) is 3.43. The highest BCUT2D eigenvalue weighted by Gasteiger charge is 2.16. The highest BCUT2D eigenvalue weighted by molar-refractivity contribution is 5.88. The Labute approximate surface area is 97.2 Å². The molecule has 0 aromatic carbocycles. The Morgan fingerprint density at radius 1 is 1.53 bits per heavy atom. The maximum absolute atomic E-state index is 12.4. The van der Waals surface area contributed by atoms with Crippen LogP contribution in [0.3, 0.4) is 0 Å². The van der Waals surface area contributed by atoms with Gasteiger partial charge in [0, 0.05) is 13.7 Å². The van der Waals surface area contributed by atoms with E-state index in [2.05, 4.69) is 4.98 Å². The monoisotopic (exact) mass is 245 g/mol. The zero-order chi connectivity index (χ0) is 12.8. The van der Waals surface area contributed by atoms with E-state index in [0.29, 0.717) is 19.4 Å². The van der Waals surface area contributed by atoms with Crippen LogP contribution >= 0.6 is 0 Å². The minimum absolute atomic E-state index is 0.0366. The van der Waals surface area contributed by atoms with E-state index in [1.54, 1.807) is 0 Å². The molecule has 1 aromatic heterocycles. The topological polar surface area (TPSA) is 59.4 Å². The number of aryl methyl sites for hydroxylation is 1. The molecule has 4 nitrogen and oxygen atoms in total. The summed E-state index contributed by atoms with van der Waals surface area (Å²) >= 11 is 0. The number of aromatic carboxylic acids is 1. The van der Waals surface area contributed by atoms with Crippen molar-refractivity contribution >= 4 is 5.97 Å². The summed E-state index contributed by atoms with van der Waals surface area (Å²) in [5.41, 5.74) is -0.264. The van der Waals surface area contributed by atoms with Crippen LogP contribution in [-0.4, -0.2) is 29.8 Å². The number of halogens is 2. The van der Waals surface area contributed by atoms with E-state index in [4.69, 9.17) is 9.84 Å². The molecule has 0 fully saturated rings. The van der Waals surface area contributed by atoms with Crippen molar-refractivity contribution in [2.24, 2.45) is 0 Å². The van der Waals surface area contributed by atoms with Crippen LogP contribution < -0.4 is 0 Å². The first-order valence-corrected chi connectivity index (χ1v) is 5.06. The number of carboxylic acid groups (broad SMARTS) is 1. The number of pyridine rings is 1. The fourth-order valence-electron chi connectivity index (χ4n) is 1.41. The highest BCUT2D eigenvalue weighted by Crippen LogP contribution is 2.19. The van der Waals surface area contributed by atoms with Gasteiger partial charge in [0.15, 0.2) is 0 Å². The van der Waals surface area contributed by atoms with Gasteiger partial charge >= 0.3 is 5.97 Å². The average Bonchev–Trinajstić information content (AvgIpc) is 2.28. The van der Waals surface area contributed by atoms with E-state index < -0.39 is 18.1 Å². The Hall–Kier alpha value is -1.56. The molecule has 0 radical (unpaired) electrons. The van der Waals surface area contributed by atoms with Gasteiger partial charge in [-0.15, -0.1) is 0 Å². The Kier molecular flexibility index (Phi) is 4.96. The minimum Gasteiger partial charge on any atom is -0.478 e. The van der Waals surface area contributed by atoms with Crippen LogP contribution in [0, 0.1) is 0 Å². The molecular formula is C11H13F2NO3. The molecule has 1 N–H and O–H groups in total. The Bertz CT molecular complexity index is 396. The van der Waals surface area contributed by atoms with Crippen LogP contribution in [0.2, 0.25) is 0 Å². The Morgan fingerprint density at radius 2 is 2.24 bits per heavy atom. The number of hydrogen-bond acceptors (Lipinski definition) is 3. The molecule has 1 aromatic rings. The Morgan fingerprint density at radius 3 is 2.76 bits per heavy atom. The number of carbonyl (C=O) groups is 1. The number of rotatable bonds is 6. The predicted molar refractivity (Wildman–Crippen MR) is 56.4 cm³/mol. The van der Waals surface area contributed by atoms with Crippen molar-refractivity contribution < 1.29 is 23.4 Å². The van der Waals surface area contributed by atoms with Crippen molar-refractivity contribution in [3.05, 3.63) is 29.1 Å². The first-order chi connectivity index (χ1) is 8.06. The predicted octanol–water partition coefficient (Wildman–Crippen LogP) is 2.30. The summed E-state index contributed by atoms with van der Waals surface area (Å²) in [7, 11) is 1.51. The molecule has 1 heterocycles. The standard InChI is InChI=1S/C11H13F2NO3/c1-17-6-2-3-8-7(11(15)16)4-5-9(14-8)10(12)13/h4-5,10H,2-3,6H2,1H3,(H,15,16). The quantitative estimate of drug-likeness (QED) is 0.781. The van der Waals surface area contributed by atoms with Gasteiger partial charge < -0.3 is 9.84 Å². The molecule has 0 atom stereocenters. The molecule has 17 heavy (non-hydrogen) atoms. The van der Waals surface area contributed by atoms with Gasteiger partial charge in [0.25, 0.3) is 6.43 Å². The van der Waals surface area contributed by atoms with E-state index in [9.17, 15) is 13.6 Å². The van der Waals surface area contributed by atoms with Gasteiger partial charge in [0.2, 0.25) is 0 Å². The molecule has 6 heteroatoms. The van der Waals surface area contributed by atoms with Crippen molar-refractivity contribution in [2.45, 2.75) is 19.3 Å². The molecule has 0 aliphatic rings. The first kappa shape index (κ1) is 13.5. The van der Waals surface area contributed by atoms with Gasteiger partial charge in [0.05, 0.1) is 11.3 Å². The fraction of sp³-hybridized carbons (Fsp3) is 0.455. The number of ether oxygens (including phenoxy) is 1. The third-order valence-corrected chi connectivity index (χ3v) is 2.21. The van der Waals surface area contributed by atoms with Crippen molar-refractivity contribution in [1.29, 1.82) is 0 Å². The van der Waals surface area contributed by atoms with Crippen LogP contribution in [0.1, 0.15) is 34.6 Å². The number of aromatic nitrogens is 1. The largest absolute Gasteiger partial charge is 0.478 e.